The van der Waals surface area contributed by atoms with E-state index in [2.05, 4.69) is 0 Å². The number of halogens is 1. The van der Waals surface area contributed by atoms with Gasteiger partial charge in [-0.25, -0.2) is 0 Å². The number of hydrogen-bond acceptors (Lipinski definition) is 1. The summed E-state index contributed by atoms with van der Waals surface area (Å²) in [7, 11) is 0. The zero-order valence-corrected chi connectivity index (χ0v) is 3.59. The summed E-state index contributed by atoms with van der Waals surface area (Å²) < 4.78 is 8.00. The van der Waals surface area contributed by atoms with Crippen LogP contribution in [0.4, 0.5) is 0 Å². The van der Waals surface area contributed by atoms with E-state index in [4.69, 9.17) is 3.83 Å². The predicted molar refractivity (Wildman–Crippen MR) is 20.1 cm³/mol. The SMILES string of the molecule is Cl.O.[CaH2].[O]=[Fe]. The summed E-state index contributed by atoms with van der Waals surface area (Å²) in [5, 5.41) is 0. The maximum atomic E-state index is 8.00. The summed E-state index contributed by atoms with van der Waals surface area (Å²) in [6.07, 6.45) is 0. The Morgan fingerprint density at radius 2 is 1.20 bits per heavy atom. The van der Waals surface area contributed by atoms with E-state index in [1.54, 1.807) is 0 Å². The maximum absolute atomic E-state index is 8.00. The van der Waals surface area contributed by atoms with Crippen LogP contribution in [0.15, 0.2) is 0 Å². The molecule has 0 saturated carbocycles. The molecule has 5 heavy (non-hydrogen) atoms. The zero-order valence-electron chi connectivity index (χ0n) is 1.67. The van der Waals surface area contributed by atoms with Gasteiger partial charge in [-0.3, -0.25) is 0 Å². The van der Waals surface area contributed by atoms with Crippen LogP contribution in [-0.4, -0.2) is 43.2 Å². The summed E-state index contributed by atoms with van der Waals surface area (Å²) in [6.45, 7) is 0. The standard InChI is InChI=1S/Ca.ClH.Fe.H2O.O.2H/h;1H;;1H2;;;. The van der Waals surface area contributed by atoms with Gasteiger partial charge in [-0.05, 0) is 0 Å². The van der Waals surface area contributed by atoms with Crippen molar-refractivity contribution in [3.8, 4) is 0 Å². The first-order valence-electron chi connectivity index (χ1n) is 0.144. The summed E-state index contributed by atoms with van der Waals surface area (Å²) in [5.74, 6) is 0. The number of rotatable bonds is 0. The van der Waals surface area contributed by atoms with Crippen molar-refractivity contribution in [2.24, 2.45) is 0 Å². The average Bonchev–Trinajstić information content (AvgIpc) is 1.00. The van der Waals surface area contributed by atoms with Crippen LogP contribution in [0.1, 0.15) is 0 Å². The van der Waals surface area contributed by atoms with Crippen LogP contribution >= 0.6 is 12.4 Å². The van der Waals surface area contributed by atoms with Gasteiger partial charge in [-0.1, -0.05) is 0 Å². The molecule has 0 fully saturated rings. The molecule has 0 unspecified atom stereocenters. The first kappa shape index (κ1) is 29.0. The Bertz CT molecular complexity index is 9.61. The van der Waals surface area contributed by atoms with Crippen molar-refractivity contribution in [1.82, 2.24) is 0 Å². The van der Waals surface area contributed by atoms with Crippen LogP contribution in [0.5, 0.6) is 0 Å². The Hall–Kier alpha value is 1.83. The van der Waals surface area contributed by atoms with Gasteiger partial charge in [0.05, 0.1) is 0 Å². The van der Waals surface area contributed by atoms with Crippen molar-refractivity contribution in [2.45, 2.75) is 0 Å². The molecule has 0 aliphatic heterocycles. The summed E-state index contributed by atoms with van der Waals surface area (Å²) >= 11 is 2.00. The van der Waals surface area contributed by atoms with Crippen LogP contribution in [0.25, 0.3) is 0 Å². The third kappa shape index (κ3) is 25.5. The van der Waals surface area contributed by atoms with Gasteiger partial charge in [-0.2, -0.15) is 0 Å². The van der Waals surface area contributed by atoms with Crippen LogP contribution in [0.3, 0.4) is 0 Å². The van der Waals surface area contributed by atoms with Gasteiger partial charge in [0.25, 0.3) is 0 Å². The van der Waals surface area contributed by atoms with Crippen LogP contribution in [0.2, 0.25) is 0 Å². The normalized spacial score (nSPS) is 1.00. The predicted octanol–water partition coefficient (Wildman–Crippen LogP) is -1.44. The quantitative estimate of drug-likeness (QED) is 0.409. The molecular formula is H5CaClFeO2. The Labute approximate surface area is 74.4 Å². The van der Waals surface area contributed by atoms with E-state index in [1.807, 2.05) is 15.9 Å². The molecule has 2 nitrogen and oxygen atoms in total. The second kappa shape index (κ2) is 40.6. The molecule has 0 aromatic carbocycles. The van der Waals surface area contributed by atoms with Crippen molar-refractivity contribution in [2.75, 3.05) is 0 Å². The van der Waals surface area contributed by atoms with Gasteiger partial charge < -0.3 is 5.48 Å². The van der Waals surface area contributed by atoms with E-state index < -0.39 is 0 Å². The minimum absolute atomic E-state index is 0. The topological polar surface area (TPSA) is 48.6 Å². The Morgan fingerprint density at radius 3 is 1.20 bits per heavy atom. The molecule has 0 heterocycles. The Balaban J connectivity index is -0.00000000167. The first-order valence-corrected chi connectivity index (χ1v) is 0.595. The Kier molecular flexibility index (Phi) is 236. The van der Waals surface area contributed by atoms with Gasteiger partial charge in [0, 0.05) is 0 Å². The van der Waals surface area contributed by atoms with E-state index in [-0.39, 0.29) is 55.6 Å². The molecule has 0 aromatic heterocycles. The van der Waals surface area contributed by atoms with Crippen molar-refractivity contribution in [3.63, 3.8) is 0 Å². The van der Waals surface area contributed by atoms with E-state index >= 15 is 0 Å². The van der Waals surface area contributed by atoms with Crippen LogP contribution in [-0.2, 0) is 19.8 Å². The third-order valence-corrected chi connectivity index (χ3v) is 0. The van der Waals surface area contributed by atoms with E-state index in [0.29, 0.717) is 0 Å². The molecule has 5 heteroatoms. The van der Waals surface area contributed by atoms with Crippen molar-refractivity contribution >= 4 is 50.1 Å². The van der Waals surface area contributed by atoms with Crippen LogP contribution < -0.4 is 0 Å². The summed E-state index contributed by atoms with van der Waals surface area (Å²) in [6, 6.07) is 0. The molecule has 2 N–H and O–H groups in total. The molecule has 0 rings (SSSR count). The minimum atomic E-state index is 0. The fourth-order valence-electron chi connectivity index (χ4n) is 0. The second-order valence-electron chi connectivity index (χ2n) is 0. The summed E-state index contributed by atoms with van der Waals surface area (Å²) in [5.41, 5.74) is 0. The van der Waals surface area contributed by atoms with Gasteiger partial charge in [0.1, 0.15) is 0 Å². The zero-order chi connectivity index (χ0) is 2.00. The number of hydrogen-bond donors (Lipinski definition) is 0. The molecular weight excluding hydrogens is 163 g/mol. The molecule has 0 amide bonds. The monoisotopic (exact) mass is 168 g/mol. The van der Waals surface area contributed by atoms with Crippen LogP contribution in [0, 0.1) is 0 Å². The summed E-state index contributed by atoms with van der Waals surface area (Å²) in [4.78, 5) is 0. The molecule has 0 aromatic rings. The van der Waals surface area contributed by atoms with Crippen molar-refractivity contribution < 1.29 is 25.3 Å². The molecule has 0 bridgehead atoms. The van der Waals surface area contributed by atoms with Gasteiger partial charge in [0.2, 0.25) is 0 Å². The molecule has 0 atom stereocenters. The van der Waals surface area contributed by atoms with Gasteiger partial charge >= 0.3 is 57.5 Å². The fraction of sp³-hybridized carbons (Fsp3) is 0. The molecule has 0 spiro atoms. The molecule has 34 valence electrons. The van der Waals surface area contributed by atoms with E-state index in [9.17, 15) is 0 Å². The molecule has 0 radical (unpaired) electrons. The van der Waals surface area contributed by atoms with Crippen molar-refractivity contribution in [1.29, 1.82) is 0 Å². The first-order chi connectivity index (χ1) is 1.00. The van der Waals surface area contributed by atoms with Gasteiger partial charge in [-0.15, -0.1) is 12.4 Å². The molecule has 0 saturated heterocycles. The van der Waals surface area contributed by atoms with E-state index in [1.165, 1.54) is 0 Å². The van der Waals surface area contributed by atoms with Gasteiger partial charge in [0.15, 0.2) is 0 Å². The molecule has 0 aliphatic carbocycles. The van der Waals surface area contributed by atoms with Crippen molar-refractivity contribution in [3.05, 3.63) is 0 Å². The fourth-order valence-corrected chi connectivity index (χ4v) is 0. The average molecular weight is 168 g/mol. The third-order valence-electron chi connectivity index (χ3n) is 0. The molecule has 0 aliphatic rings. The van der Waals surface area contributed by atoms with E-state index in [0.717, 1.165) is 0 Å². The second-order valence-corrected chi connectivity index (χ2v) is 0. The Morgan fingerprint density at radius 1 is 1.20 bits per heavy atom.